The predicted molar refractivity (Wildman–Crippen MR) is 67.7 cm³/mol. The Kier molecular flexibility index (Phi) is 6.28. The van der Waals surface area contributed by atoms with Gasteiger partial charge in [0.2, 0.25) is 0 Å². The molecule has 16 heavy (non-hydrogen) atoms. The first-order valence-electron chi connectivity index (χ1n) is 6.41. The van der Waals surface area contributed by atoms with E-state index in [9.17, 15) is 5.11 Å². The lowest BCUT2D eigenvalue weighted by Gasteiger charge is -2.36. The third-order valence-corrected chi connectivity index (χ3v) is 3.35. The molecule has 1 fully saturated rings. The van der Waals surface area contributed by atoms with Crippen molar-refractivity contribution < 1.29 is 5.11 Å². The molecule has 1 aliphatic rings. The third kappa shape index (κ3) is 4.78. The minimum Gasteiger partial charge on any atom is -0.390 e. The molecule has 0 aromatic rings. The highest BCUT2D eigenvalue weighted by atomic mass is 16.3. The summed E-state index contributed by atoms with van der Waals surface area (Å²) in [6, 6.07) is 0.607. The quantitative estimate of drug-likeness (QED) is 0.671. The molecular weight excluding hydrogens is 202 g/mol. The van der Waals surface area contributed by atoms with Crippen molar-refractivity contribution in [3.8, 4) is 0 Å². The Morgan fingerprint density at radius 1 is 1.56 bits per heavy atom. The SMILES string of the molecule is CCNCC(O)CN(C)C1CCCN(C)C1. The van der Waals surface area contributed by atoms with Gasteiger partial charge in [-0.3, -0.25) is 4.90 Å². The van der Waals surface area contributed by atoms with E-state index in [1.807, 2.05) is 0 Å². The molecule has 0 amide bonds. The minimum atomic E-state index is -0.253. The summed E-state index contributed by atoms with van der Waals surface area (Å²) >= 11 is 0. The van der Waals surface area contributed by atoms with Gasteiger partial charge in [-0.2, -0.15) is 0 Å². The number of aliphatic hydroxyl groups excluding tert-OH is 1. The molecule has 96 valence electrons. The van der Waals surface area contributed by atoms with Crippen LogP contribution in [0.15, 0.2) is 0 Å². The summed E-state index contributed by atoms with van der Waals surface area (Å²) < 4.78 is 0. The second-order valence-corrected chi connectivity index (χ2v) is 4.96. The van der Waals surface area contributed by atoms with Gasteiger partial charge in [0, 0.05) is 25.7 Å². The molecule has 4 nitrogen and oxygen atoms in total. The largest absolute Gasteiger partial charge is 0.390 e. The van der Waals surface area contributed by atoms with Gasteiger partial charge in [0.15, 0.2) is 0 Å². The van der Waals surface area contributed by atoms with Gasteiger partial charge in [-0.15, -0.1) is 0 Å². The Hall–Kier alpha value is -0.160. The maximum absolute atomic E-state index is 9.83. The number of likely N-dealkylation sites (N-methyl/N-ethyl adjacent to an activating group) is 3. The zero-order chi connectivity index (χ0) is 12.0. The van der Waals surface area contributed by atoms with Gasteiger partial charge in [-0.1, -0.05) is 6.92 Å². The first kappa shape index (κ1) is 13.9. The lowest BCUT2D eigenvalue weighted by Crippen LogP contribution is -2.48. The van der Waals surface area contributed by atoms with Crippen LogP contribution < -0.4 is 5.32 Å². The topological polar surface area (TPSA) is 38.7 Å². The van der Waals surface area contributed by atoms with Crippen LogP contribution in [0.5, 0.6) is 0 Å². The van der Waals surface area contributed by atoms with Crippen molar-refractivity contribution in [3.05, 3.63) is 0 Å². The number of hydrogen-bond acceptors (Lipinski definition) is 4. The third-order valence-electron chi connectivity index (χ3n) is 3.35. The number of likely N-dealkylation sites (tertiary alicyclic amines) is 1. The first-order valence-corrected chi connectivity index (χ1v) is 6.41. The van der Waals surface area contributed by atoms with E-state index in [0.29, 0.717) is 12.6 Å². The van der Waals surface area contributed by atoms with Crippen molar-refractivity contribution in [2.45, 2.75) is 31.9 Å². The molecule has 2 atom stereocenters. The lowest BCUT2D eigenvalue weighted by atomic mass is 10.0. The van der Waals surface area contributed by atoms with E-state index >= 15 is 0 Å². The molecule has 0 bridgehead atoms. The number of aliphatic hydroxyl groups is 1. The van der Waals surface area contributed by atoms with Crippen molar-refractivity contribution in [2.75, 3.05) is 46.8 Å². The summed E-state index contributed by atoms with van der Waals surface area (Å²) in [6.07, 6.45) is 2.28. The van der Waals surface area contributed by atoms with E-state index in [1.54, 1.807) is 0 Å². The smallest absolute Gasteiger partial charge is 0.0791 e. The molecule has 2 N–H and O–H groups in total. The fourth-order valence-electron chi connectivity index (χ4n) is 2.36. The van der Waals surface area contributed by atoms with Crippen LogP contribution in [0.1, 0.15) is 19.8 Å². The summed E-state index contributed by atoms with van der Waals surface area (Å²) in [7, 11) is 4.30. The van der Waals surface area contributed by atoms with E-state index in [0.717, 1.165) is 19.6 Å². The van der Waals surface area contributed by atoms with Crippen LogP contribution in [0.25, 0.3) is 0 Å². The van der Waals surface area contributed by atoms with Gasteiger partial charge >= 0.3 is 0 Å². The van der Waals surface area contributed by atoms with Crippen LogP contribution in [-0.2, 0) is 0 Å². The fourth-order valence-corrected chi connectivity index (χ4v) is 2.36. The zero-order valence-corrected chi connectivity index (χ0v) is 10.9. The molecule has 0 aromatic heterocycles. The molecule has 0 spiro atoms. The van der Waals surface area contributed by atoms with Gasteiger partial charge in [-0.05, 0) is 40.0 Å². The average Bonchev–Trinajstić information content (AvgIpc) is 2.26. The summed E-state index contributed by atoms with van der Waals surface area (Å²) in [5, 5.41) is 13.0. The molecule has 2 unspecified atom stereocenters. The Bertz CT molecular complexity index is 189. The van der Waals surface area contributed by atoms with Crippen molar-refractivity contribution >= 4 is 0 Å². The van der Waals surface area contributed by atoms with Crippen LogP contribution in [-0.4, -0.2) is 73.9 Å². The first-order chi connectivity index (χ1) is 7.63. The normalized spacial score (nSPS) is 24.9. The molecule has 4 heteroatoms. The van der Waals surface area contributed by atoms with Gasteiger partial charge in [-0.25, -0.2) is 0 Å². The highest BCUT2D eigenvalue weighted by Crippen LogP contribution is 2.13. The van der Waals surface area contributed by atoms with Crippen molar-refractivity contribution in [3.63, 3.8) is 0 Å². The fraction of sp³-hybridized carbons (Fsp3) is 1.00. The second kappa shape index (κ2) is 7.22. The summed E-state index contributed by atoms with van der Waals surface area (Å²) in [5.74, 6) is 0. The molecule has 0 aliphatic carbocycles. The number of nitrogens with zero attached hydrogens (tertiary/aromatic N) is 2. The van der Waals surface area contributed by atoms with Crippen molar-refractivity contribution in [1.29, 1.82) is 0 Å². The standard InChI is InChI=1S/C12H27N3O/c1-4-13-8-12(16)10-15(3)11-6-5-7-14(2)9-11/h11-13,16H,4-10H2,1-3H3. The molecule has 1 heterocycles. The van der Waals surface area contributed by atoms with Gasteiger partial charge in [0.05, 0.1) is 6.10 Å². The molecule has 0 saturated carbocycles. The van der Waals surface area contributed by atoms with Crippen LogP contribution in [0.3, 0.4) is 0 Å². The molecule has 0 aromatic carbocycles. The second-order valence-electron chi connectivity index (χ2n) is 4.96. The van der Waals surface area contributed by atoms with Crippen LogP contribution in [0.2, 0.25) is 0 Å². The summed E-state index contributed by atoms with van der Waals surface area (Å²) in [6.45, 7) is 6.79. The maximum Gasteiger partial charge on any atom is 0.0791 e. The van der Waals surface area contributed by atoms with Crippen molar-refractivity contribution in [2.24, 2.45) is 0 Å². The van der Waals surface area contributed by atoms with Gasteiger partial charge < -0.3 is 15.3 Å². The molecule has 1 saturated heterocycles. The summed E-state index contributed by atoms with van der Waals surface area (Å²) in [5.41, 5.74) is 0. The lowest BCUT2D eigenvalue weighted by molar-refractivity contribution is 0.0744. The molecule has 1 rings (SSSR count). The maximum atomic E-state index is 9.83. The molecule has 0 radical (unpaired) electrons. The summed E-state index contributed by atoms with van der Waals surface area (Å²) in [4.78, 5) is 4.68. The number of nitrogens with one attached hydrogen (secondary N) is 1. The van der Waals surface area contributed by atoms with E-state index in [2.05, 4.69) is 36.1 Å². The van der Waals surface area contributed by atoms with E-state index in [-0.39, 0.29) is 6.10 Å². The number of rotatable bonds is 6. The number of hydrogen-bond donors (Lipinski definition) is 2. The van der Waals surface area contributed by atoms with Crippen molar-refractivity contribution in [1.82, 2.24) is 15.1 Å². The average molecular weight is 229 g/mol. The van der Waals surface area contributed by atoms with Gasteiger partial charge in [0.1, 0.15) is 0 Å². The van der Waals surface area contributed by atoms with E-state index in [1.165, 1.54) is 19.4 Å². The van der Waals surface area contributed by atoms with Gasteiger partial charge in [0.25, 0.3) is 0 Å². The predicted octanol–water partition coefficient (Wildman–Crippen LogP) is -0.0172. The molecular formula is C12H27N3O. The Labute approximate surface area is 99.6 Å². The minimum absolute atomic E-state index is 0.253. The van der Waals surface area contributed by atoms with Crippen LogP contribution >= 0.6 is 0 Å². The van der Waals surface area contributed by atoms with E-state index in [4.69, 9.17) is 0 Å². The Balaban J connectivity index is 2.24. The van der Waals surface area contributed by atoms with E-state index < -0.39 is 0 Å². The highest BCUT2D eigenvalue weighted by molar-refractivity contribution is 4.79. The van der Waals surface area contributed by atoms with Crippen LogP contribution in [0.4, 0.5) is 0 Å². The Morgan fingerprint density at radius 2 is 2.31 bits per heavy atom. The van der Waals surface area contributed by atoms with Crippen LogP contribution in [0, 0.1) is 0 Å². The zero-order valence-electron chi connectivity index (χ0n) is 10.9. The monoisotopic (exact) mass is 229 g/mol. The Morgan fingerprint density at radius 3 is 2.94 bits per heavy atom. The number of piperidine rings is 1. The molecule has 1 aliphatic heterocycles. The highest BCUT2D eigenvalue weighted by Gasteiger charge is 2.22.